The quantitative estimate of drug-likeness (QED) is 0.932. The van der Waals surface area contributed by atoms with Gasteiger partial charge in [-0.05, 0) is 24.3 Å². The maximum absolute atomic E-state index is 11.9. The number of amides is 1. The number of carbonyl (C=O) groups excluding carboxylic acids is 1. The number of aromatic nitrogens is 1. The molecular formula is C13H14N2O3S. The molecule has 1 aliphatic rings. The third kappa shape index (κ3) is 2.85. The molecule has 0 bridgehead atoms. The highest BCUT2D eigenvalue weighted by atomic mass is 32.1. The van der Waals surface area contributed by atoms with E-state index < -0.39 is 0 Å². The highest BCUT2D eigenvalue weighted by molar-refractivity contribution is 7.13. The van der Waals surface area contributed by atoms with E-state index in [1.54, 1.807) is 17.4 Å². The molecule has 0 aromatic carbocycles. The van der Waals surface area contributed by atoms with E-state index in [0.29, 0.717) is 12.2 Å². The molecule has 1 aliphatic heterocycles. The van der Waals surface area contributed by atoms with E-state index in [4.69, 9.17) is 9.26 Å². The minimum Gasteiger partial charge on any atom is -0.376 e. The van der Waals surface area contributed by atoms with Crippen molar-refractivity contribution in [2.75, 3.05) is 13.2 Å². The molecule has 3 heterocycles. The first-order valence-electron chi connectivity index (χ1n) is 6.23. The summed E-state index contributed by atoms with van der Waals surface area (Å²) in [7, 11) is 0. The van der Waals surface area contributed by atoms with Crippen LogP contribution in [0.4, 0.5) is 0 Å². The van der Waals surface area contributed by atoms with E-state index in [1.165, 1.54) is 0 Å². The van der Waals surface area contributed by atoms with Gasteiger partial charge in [0, 0.05) is 19.2 Å². The molecule has 1 atom stereocenters. The van der Waals surface area contributed by atoms with Crippen molar-refractivity contribution >= 4 is 17.2 Å². The number of hydrogen-bond acceptors (Lipinski definition) is 5. The number of nitrogens with one attached hydrogen (secondary N) is 1. The van der Waals surface area contributed by atoms with E-state index in [9.17, 15) is 4.79 Å². The lowest BCUT2D eigenvalue weighted by Crippen LogP contribution is -2.31. The monoisotopic (exact) mass is 278 g/mol. The standard InChI is InChI=1S/C13H14N2O3S/c16-13(14-8-9-3-1-5-17-9)11-7-10(15-18-11)12-4-2-6-19-12/h2,4,6-7,9H,1,3,5,8H2,(H,14,16). The van der Waals surface area contributed by atoms with Crippen molar-refractivity contribution in [3.05, 3.63) is 29.3 Å². The van der Waals surface area contributed by atoms with E-state index in [1.807, 2.05) is 17.5 Å². The van der Waals surface area contributed by atoms with Gasteiger partial charge in [-0.2, -0.15) is 0 Å². The molecule has 0 radical (unpaired) electrons. The molecule has 3 rings (SSSR count). The van der Waals surface area contributed by atoms with Crippen LogP contribution in [0.2, 0.25) is 0 Å². The zero-order chi connectivity index (χ0) is 13.1. The predicted molar refractivity (Wildman–Crippen MR) is 71.1 cm³/mol. The van der Waals surface area contributed by atoms with Crippen molar-refractivity contribution in [1.29, 1.82) is 0 Å². The average molecular weight is 278 g/mol. The highest BCUT2D eigenvalue weighted by Crippen LogP contribution is 2.23. The first-order valence-corrected chi connectivity index (χ1v) is 7.11. The third-order valence-corrected chi connectivity index (χ3v) is 3.91. The fourth-order valence-corrected chi connectivity index (χ4v) is 2.70. The molecule has 1 unspecified atom stereocenters. The van der Waals surface area contributed by atoms with Crippen LogP contribution in [0.15, 0.2) is 28.1 Å². The fraction of sp³-hybridized carbons (Fsp3) is 0.385. The highest BCUT2D eigenvalue weighted by Gasteiger charge is 2.19. The molecule has 1 amide bonds. The van der Waals surface area contributed by atoms with Crippen LogP contribution in [0.3, 0.4) is 0 Å². The number of nitrogens with zero attached hydrogens (tertiary/aromatic N) is 1. The van der Waals surface area contributed by atoms with Gasteiger partial charge in [0.1, 0.15) is 5.69 Å². The summed E-state index contributed by atoms with van der Waals surface area (Å²) in [5.41, 5.74) is 0.692. The second-order valence-corrected chi connectivity index (χ2v) is 5.35. The fourth-order valence-electron chi connectivity index (χ4n) is 2.02. The van der Waals surface area contributed by atoms with Crippen LogP contribution in [0.1, 0.15) is 23.4 Å². The van der Waals surface area contributed by atoms with Gasteiger partial charge >= 0.3 is 0 Å². The van der Waals surface area contributed by atoms with Gasteiger partial charge in [0.05, 0.1) is 11.0 Å². The van der Waals surface area contributed by atoms with Gasteiger partial charge in [0.25, 0.3) is 5.91 Å². The molecular weight excluding hydrogens is 264 g/mol. The summed E-state index contributed by atoms with van der Waals surface area (Å²) in [6.07, 6.45) is 2.19. The Kier molecular flexibility index (Phi) is 3.61. The Labute approximate surface area is 114 Å². The molecule has 2 aromatic heterocycles. The van der Waals surface area contributed by atoms with Crippen LogP contribution >= 0.6 is 11.3 Å². The summed E-state index contributed by atoms with van der Waals surface area (Å²) in [6.45, 7) is 1.30. The summed E-state index contributed by atoms with van der Waals surface area (Å²) in [5.74, 6) is -0.00722. The van der Waals surface area contributed by atoms with Gasteiger partial charge in [-0.25, -0.2) is 0 Å². The number of thiophene rings is 1. The molecule has 6 heteroatoms. The first kappa shape index (κ1) is 12.4. The second kappa shape index (κ2) is 5.54. The summed E-state index contributed by atoms with van der Waals surface area (Å²) in [4.78, 5) is 12.9. The van der Waals surface area contributed by atoms with Gasteiger partial charge in [-0.15, -0.1) is 11.3 Å². The van der Waals surface area contributed by atoms with Crippen LogP contribution in [0, 0.1) is 0 Å². The maximum Gasteiger partial charge on any atom is 0.290 e. The lowest BCUT2D eigenvalue weighted by Gasteiger charge is -2.08. The van der Waals surface area contributed by atoms with E-state index in [2.05, 4.69) is 10.5 Å². The number of rotatable bonds is 4. The topological polar surface area (TPSA) is 64.4 Å². The summed E-state index contributed by atoms with van der Waals surface area (Å²) in [6, 6.07) is 5.54. The summed E-state index contributed by atoms with van der Waals surface area (Å²) >= 11 is 1.56. The van der Waals surface area contributed by atoms with Crippen LogP contribution in [-0.2, 0) is 4.74 Å². The molecule has 0 spiro atoms. The zero-order valence-corrected chi connectivity index (χ0v) is 11.1. The maximum atomic E-state index is 11.9. The van der Waals surface area contributed by atoms with Gasteiger partial charge in [-0.1, -0.05) is 11.2 Å². The van der Waals surface area contributed by atoms with Crippen LogP contribution in [0.5, 0.6) is 0 Å². The second-order valence-electron chi connectivity index (χ2n) is 4.40. The number of hydrogen-bond donors (Lipinski definition) is 1. The zero-order valence-electron chi connectivity index (χ0n) is 10.3. The number of carbonyl (C=O) groups is 1. The van der Waals surface area contributed by atoms with Crippen molar-refractivity contribution in [2.45, 2.75) is 18.9 Å². The molecule has 5 nitrogen and oxygen atoms in total. The lowest BCUT2D eigenvalue weighted by atomic mass is 10.2. The summed E-state index contributed by atoms with van der Waals surface area (Å²) in [5, 5.41) is 8.67. The third-order valence-electron chi connectivity index (χ3n) is 3.02. The normalized spacial score (nSPS) is 18.6. The molecule has 19 heavy (non-hydrogen) atoms. The Bertz CT molecular complexity index is 544. The van der Waals surface area contributed by atoms with Crippen molar-refractivity contribution in [1.82, 2.24) is 10.5 Å². The molecule has 100 valence electrons. The van der Waals surface area contributed by atoms with Crippen LogP contribution < -0.4 is 5.32 Å². The minimum absolute atomic E-state index is 0.128. The Balaban J connectivity index is 1.60. The van der Waals surface area contributed by atoms with Gasteiger partial charge in [-0.3, -0.25) is 4.79 Å². The Morgan fingerprint density at radius 3 is 3.26 bits per heavy atom. The van der Waals surface area contributed by atoms with Crippen LogP contribution in [-0.4, -0.2) is 30.3 Å². The van der Waals surface area contributed by atoms with Crippen molar-refractivity contribution in [3.63, 3.8) is 0 Å². The molecule has 0 aliphatic carbocycles. The van der Waals surface area contributed by atoms with E-state index >= 15 is 0 Å². The van der Waals surface area contributed by atoms with Gasteiger partial charge in [0.2, 0.25) is 5.76 Å². The van der Waals surface area contributed by atoms with Crippen molar-refractivity contribution in [2.24, 2.45) is 0 Å². The number of ether oxygens (including phenoxy) is 1. The molecule has 1 saturated heterocycles. The lowest BCUT2D eigenvalue weighted by molar-refractivity contribution is 0.0828. The largest absolute Gasteiger partial charge is 0.376 e. The molecule has 1 N–H and O–H groups in total. The average Bonchev–Trinajstić information content (AvgIpc) is 3.14. The van der Waals surface area contributed by atoms with Crippen LogP contribution in [0.25, 0.3) is 10.6 Å². The van der Waals surface area contributed by atoms with Crippen molar-refractivity contribution < 1.29 is 14.1 Å². The Hall–Kier alpha value is -1.66. The van der Waals surface area contributed by atoms with E-state index in [0.717, 1.165) is 24.3 Å². The van der Waals surface area contributed by atoms with Crippen molar-refractivity contribution in [3.8, 4) is 10.6 Å². The first-order chi connectivity index (χ1) is 9.33. The summed E-state index contributed by atoms with van der Waals surface area (Å²) < 4.78 is 10.5. The van der Waals surface area contributed by atoms with E-state index in [-0.39, 0.29) is 17.8 Å². The SMILES string of the molecule is O=C(NCC1CCCO1)c1cc(-c2cccs2)no1. The molecule has 1 fully saturated rings. The Morgan fingerprint density at radius 2 is 2.53 bits per heavy atom. The predicted octanol–water partition coefficient (Wildman–Crippen LogP) is 2.31. The minimum atomic E-state index is -0.245. The molecule has 0 saturated carbocycles. The van der Waals surface area contributed by atoms with Gasteiger partial charge < -0.3 is 14.6 Å². The Morgan fingerprint density at radius 1 is 1.58 bits per heavy atom. The molecule has 2 aromatic rings. The van der Waals surface area contributed by atoms with Gasteiger partial charge in [0.15, 0.2) is 0 Å². The smallest absolute Gasteiger partial charge is 0.290 e.